The van der Waals surface area contributed by atoms with Crippen LogP contribution in [-0.2, 0) is 10.0 Å². The summed E-state index contributed by atoms with van der Waals surface area (Å²) in [5.41, 5.74) is 0.335. The van der Waals surface area contributed by atoms with Gasteiger partial charge in [-0.05, 0) is 36.4 Å². The smallest absolute Gasteiger partial charge is 0.264 e. The van der Waals surface area contributed by atoms with E-state index in [1.807, 2.05) is 0 Å². The van der Waals surface area contributed by atoms with E-state index < -0.39 is 15.8 Å². The SMILES string of the molecule is COc1ccccc1N(CCOc1ccccc1F)S(=O)(=O)c1ccc2c(c1)OCCO2. The van der Waals surface area contributed by atoms with Gasteiger partial charge >= 0.3 is 0 Å². The molecule has 0 aromatic heterocycles. The monoisotopic (exact) mass is 459 g/mol. The van der Waals surface area contributed by atoms with Crippen LogP contribution in [0.1, 0.15) is 0 Å². The zero-order valence-electron chi connectivity index (χ0n) is 17.4. The van der Waals surface area contributed by atoms with Gasteiger partial charge in [0.1, 0.15) is 25.6 Å². The summed E-state index contributed by atoms with van der Waals surface area (Å²) in [6.45, 7) is 0.581. The second-order valence-corrected chi connectivity index (χ2v) is 8.70. The minimum absolute atomic E-state index is 0.0264. The minimum atomic E-state index is -4.04. The topological polar surface area (TPSA) is 74.3 Å². The molecule has 32 heavy (non-hydrogen) atoms. The Labute approximate surface area is 186 Å². The van der Waals surface area contributed by atoms with Crippen molar-refractivity contribution in [3.8, 4) is 23.0 Å². The maximum absolute atomic E-state index is 13.9. The van der Waals surface area contributed by atoms with Gasteiger partial charge in [0.25, 0.3) is 10.0 Å². The standard InChI is InChI=1S/C23H22FNO6S/c1-28-21-9-5-3-7-19(21)25(12-13-29-20-8-4-2-6-18(20)24)32(26,27)17-10-11-22-23(16-17)31-15-14-30-22/h2-11,16H,12-15H2,1H3. The lowest BCUT2D eigenvalue weighted by Gasteiger charge is -2.27. The molecule has 1 aliphatic rings. The summed E-state index contributed by atoms with van der Waals surface area (Å²) in [6.07, 6.45) is 0. The Morgan fingerprint density at radius 3 is 2.38 bits per heavy atom. The van der Waals surface area contributed by atoms with E-state index in [1.54, 1.807) is 42.5 Å². The Kier molecular flexibility index (Phi) is 6.36. The lowest BCUT2D eigenvalue weighted by atomic mass is 10.3. The number of hydrogen-bond acceptors (Lipinski definition) is 6. The molecule has 0 N–H and O–H groups in total. The van der Waals surface area contributed by atoms with Crippen molar-refractivity contribution < 1.29 is 31.8 Å². The lowest BCUT2D eigenvalue weighted by molar-refractivity contribution is 0.171. The first-order valence-corrected chi connectivity index (χ1v) is 11.4. The molecule has 168 valence electrons. The molecule has 0 fully saturated rings. The van der Waals surface area contributed by atoms with Crippen molar-refractivity contribution in [1.29, 1.82) is 0 Å². The minimum Gasteiger partial charge on any atom is -0.495 e. The Bertz CT molecular complexity index is 1200. The molecule has 3 aromatic rings. The molecule has 4 rings (SSSR count). The quantitative estimate of drug-likeness (QED) is 0.509. The summed E-state index contributed by atoms with van der Waals surface area (Å²) >= 11 is 0. The highest BCUT2D eigenvalue weighted by Gasteiger charge is 2.29. The van der Waals surface area contributed by atoms with Gasteiger partial charge in [-0.1, -0.05) is 24.3 Å². The second-order valence-electron chi connectivity index (χ2n) is 6.83. The van der Waals surface area contributed by atoms with E-state index in [-0.39, 0.29) is 23.8 Å². The Morgan fingerprint density at radius 2 is 1.62 bits per heavy atom. The fraction of sp³-hybridized carbons (Fsp3) is 0.217. The van der Waals surface area contributed by atoms with E-state index in [0.29, 0.717) is 36.1 Å². The highest BCUT2D eigenvalue weighted by molar-refractivity contribution is 7.92. The molecule has 7 nitrogen and oxygen atoms in total. The van der Waals surface area contributed by atoms with E-state index in [9.17, 15) is 12.8 Å². The van der Waals surface area contributed by atoms with Crippen molar-refractivity contribution in [2.24, 2.45) is 0 Å². The Balaban J connectivity index is 1.67. The summed E-state index contributed by atoms with van der Waals surface area (Å²) in [4.78, 5) is 0.0264. The first kappa shape index (κ1) is 21.8. The molecule has 0 saturated heterocycles. The van der Waals surface area contributed by atoms with Crippen LogP contribution < -0.4 is 23.3 Å². The maximum Gasteiger partial charge on any atom is 0.264 e. The third-order valence-corrected chi connectivity index (χ3v) is 6.65. The van der Waals surface area contributed by atoms with Crippen LogP contribution >= 0.6 is 0 Å². The highest BCUT2D eigenvalue weighted by atomic mass is 32.2. The van der Waals surface area contributed by atoms with Gasteiger partial charge in [-0.25, -0.2) is 12.8 Å². The molecule has 0 saturated carbocycles. The normalized spacial score (nSPS) is 12.8. The third kappa shape index (κ3) is 4.43. The van der Waals surface area contributed by atoms with Gasteiger partial charge in [0.05, 0.1) is 24.2 Å². The molecule has 9 heteroatoms. The molecule has 0 radical (unpaired) electrons. The lowest BCUT2D eigenvalue weighted by Crippen LogP contribution is -2.35. The van der Waals surface area contributed by atoms with Crippen LogP contribution in [0, 0.1) is 5.82 Å². The van der Waals surface area contributed by atoms with Gasteiger partial charge < -0.3 is 18.9 Å². The van der Waals surface area contributed by atoms with Crippen LogP contribution in [0.2, 0.25) is 0 Å². The number of halogens is 1. The van der Waals surface area contributed by atoms with Crippen LogP contribution in [0.4, 0.5) is 10.1 Å². The fourth-order valence-electron chi connectivity index (χ4n) is 3.32. The molecule has 0 amide bonds. The predicted molar refractivity (Wildman–Crippen MR) is 117 cm³/mol. The fourth-order valence-corrected chi connectivity index (χ4v) is 4.79. The molecule has 0 unspecified atom stereocenters. The molecule has 0 bridgehead atoms. The average Bonchev–Trinajstić information content (AvgIpc) is 2.82. The van der Waals surface area contributed by atoms with Gasteiger partial charge in [0.2, 0.25) is 0 Å². The van der Waals surface area contributed by atoms with E-state index in [1.165, 1.54) is 35.7 Å². The summed E-state index contributed by atoms with van der Waals surface area (Å²) in [7, 11) is -2.58. The van der Waals surface area contributed by atoms with Crippen molar-refractivity contribution in [2.45, 2.75) is 4.90 Å². The van der Waals surface area contributed by atoms with Crippen molar-refractivity contribution in [1.82, 2.24) is 0 Å². The van der Waals surface area contributed by atoms with Gasteiger partial charge in [0, 0.05) is 6.07 Å². The molecule has 0 atom stereocenters. The van der Waals surface area contributed by atoms with E-state index >= 15 is 0 Å². The highest BCUT2D eigenvalue weighted by Crippen LogP contribution is 2.36. The van der Waals surface area contributed by atoms with Gasteiger partial charge in [0.15, 0.2) is 23.1 Å². The number of sulfonamides is 1. The molecular formula is C23H22FNO6S. The molecular weight excluding hydrogens is 437 g/mol. The average molecular weight is 459 g/mol. The zero-order chi connectivity index (χ0) is 22.6. The van der Waals surface area contributed by atoms with Crippen molar-refractivity contribution in [3.05, 3.63) is 72.5 Å². The van der Waals surface area contributed by atoms with Gasteiger partial charge in [-0.3, -0.25) is 4.31 Å². The molecule has 1 heterocycles. The first-order valence-electron chi connectivity index (χ1n) is 9.93. The number of anilines is 1. The van der Waals surface area contributed by atoms with Crippen LogP contribution in [-0.4, -0.2) is 41.9 Å². The summed E-state index contributed by atoms with van der Waals surface area (Å²) in [6, 6.07) is 17.2. The number of ether oxygens (including phenoxy) is 4. The summed E-state index contributed by atoms with van der Waals surface area (Å²) in [5, 5.41) is 0. The zero-order valence-corrected chi connectivity index (χ0v) is 18.2. The number of benzene rings is 3. The number of nitrogens with zero attached hydrogens (tertiary/aromatic N) is 1. The van der Waals surface area contributed by atoms with Gasteiger partial charge in [-0.15, -0.1) is 0 Å². The van der Waals surface area contributed by atoms with Crippen LogP contribution in [0.3, 0.4) is 0 Å². The van der Waals surface area contributed by atoms with E-state index in [2.05, 4.69) is 0 Å². The molecule has 0 spiro atoms. The van der Waals surface area contributed by atoms with Crippen molar-refractivity contribution >= 4 is 15.7 Å². The number of hydrogen-bond donors (Lipinski definition) is 0. The maximum atomic E-state index is 13.9. The first-order chi connectivity index (χ1) is 15.5. The summed E-state index contributed by atoms with van der Waals surface area (Å²) < 4.78 is 64.3. The largest absolute Gasteiger partial charge is 0.495 e. The van der Waals surface area contributed by atoms with Crippen molar-refractivity contribution in [2.75, 3.05) is 37.8 Å². The van der Waals surface area contributed by atoms with Gasteiger partial charge in [-0.2, -0.15) is 0 Å². The van der Waals surface area contributed by atoms with E-state index in [4.69, 9.17) is 18.9 Å². The van der Waals surface area contributed by atoms with E-state index in [0.717, 1.165) is 0 Å². The van der Waals surface area contributed by atoms with Crippen LogP contribution in [0.15, 0.2) is 71.6 Å². The molecule has 0 aliphatic carbocycles. The number of methoxy groups -OCH3 is 1. The third-order valence-electron chi connectivity index (χ3n) is 4.84. The van der Waals surface area contributed by atoms with Crippen LogP contribution in [0.5, 0.6) is 23.0 Å². The number of fused-ring (bicyclic) bond motifs is 1. The predicted octanol–water partition coefficient (Wildman–Crippen LogP) is 3.88. The number of para-hydroxylation sites is 3. The Morgan fingerprint density at radius 1 is 0.938 bits per heavy atom. The second kappa shape index (κ2) is 9.35. The summed E-state index contributed by atoms with van der Waals surface area (Å²) in [5.74, 6) is 0.747. The molecule has 1 aliphatic heterocycles. The van der Waals surface area contributed by atoms with Crippen LogP contribution in [0.25, 0.3) is 0 Å². The Hall–Kier alpha value is -3.46. The molecule has 3 aromatic carbocycles. The van der Waals surface area contributed by atoms with Crippen molar-refractivity contribution in [3.63, 3.8) is 0 Å². The number of rotatable bonds is 8.